The van der Waals surface area contributed by atoms with Crippen LogP contribution in [0.15, 0.2) is 24.3 Å². The van der Waals surface area contributed by atoms with Crippen LogP contribution in [0.1, 0.15) is 40.0 Å². The lowest BCUT2D eigenvalue weighted by molar-refractivity contribution is 0.290. The average molecular weight is 164 g/mol. The van der Waals surface area contributed by atoms with E-state index in [-0.39, 0.29) is 0 Å². The van der Waals surface area contributed by atoms with Gasteiger partial charge in [-0.1, -0.05) is 38.5 Å². The van der Waals surface area contributed by atoms with Gasteiger partial charge in [0.15, 0.2) is 0 Å². The normalized spacial score (nSPS) is 26.9. The van der Waals surface area contributed by atoms with E-state index in [2.05, 4.69) is 39.5 Å². The summed E-state index contributed by atoms with van der Waals surface area (Å²) in [6.07, 6.45) is 8.10. The van der Waals surface area contributed by atoms with Crippen molar-refractivity contribution in [3.8, 4) is 0 Å². The molecule has 1 rings (SSSR count). The molecular formula is C12H20. The van der Waals surface area contributed by atoms with Crippen LogP contribution in [0.5, 0.6) is 0 Å². The summed E-state index contributed by atoms with van der Waals surface area (Å²) in [5, 5.41) is 0. The molecule has 0 aromatic carbocycles. The van der Waals surface area contributed by atoms with E-state index in [1.54, 1.807) is 5.57 Å². The van der Waals surface area contributed by atoms with Crippen LogP contribution in [0, 0.1) is 11.3 Å². The first kappa shape index (κ1) is 9.57. The lowest BCUT2D eigenvalue weighted by atomic mass is 9.75. The van der Waals surface area contributed by atoms with E-state index in [4.69, 9.17) is 0 Å². The number of hydrogen-bond donors (Lipinski definition) is 0. The van der Waals surface area contributed by atoms with E-state index in [1.807, 2.05) is 0 Å². The lowest BCUT2D eigenvalue weighted by Gasteiger charge is -2.30. The SMILES string of the molecule is C=CCC1CC=C(CC)C1(C)C. The van der Waals surface area contributed by atoms with Crippen LogP contribution in [0.25, 0.3) is 0 Å². The Balaban J connectivity index is 2.71. The predicted octanol–water partition coefficient (Wildman–Crippen LogP) is 3.95. The highest BCUT2D eigenvalue weighted by Crippen LogP contribution is 2.46. The van der Waals surface area contributed by atoms with Crippen molar-refractivity contribution >= 4 is 0 Å². The maximum absolute atomic E-state index is 3.82. The van der Waals surface area contributed by atoms with Gasteiger partial charge in [-0.05, 0) is 30.6 Å². The molecule has 0 aliphatic heterocycles. The van der Waals surface area contributed by atoms with Crippen LogP contribution in [0.2, 0.25) is 0 Å². The monoisotopic (exact) mass is 164 g/mol. The van der Waals surface area contributed by atoms with Crippen molar-refractivity contribution in [3.05, 3.63) is 24.3 Å². The molecule has 0 bridgehead atoms. The second-order valence-electron chi connectivity index (χ2n) is 4.26. The molecule has 0 fully saturated rings. The molecule has 68 valence electrons. The highest BCUT2D eigenvalue weighted by Gasteiger charge is 2.34. The molecule has 0 heterocycles. The van der Waals surface area contributed by atoms with Crippen molar-refractivity contribution < 1.29 is 0 Å². The second-order valence-corrected chi connectivity index (χ2v) is 4.26. The highest BCUT2D eigenvalue weighted by atomic mass is 14.4. The van der Waals surface area contributed by atoms with Crippen LogP contribution in [0.4, 0.5) is 0 Å². The quantitative estimate of drug-likeness (QED) is 0.554. The van der Waals surface area contributed by atoms with Crippen molar-refractivity contribution in [1.82, 2.24) is 0 Å². The zero-order valence-electron chi connectivity index (χ0n) is 8.56. The van der Waals surface area contributed by atoms with Gasteiger partial charge in [-0.3, -0.25) is 0 Å². The van der Waals surface area contributed by atoms with Gasteiger partial charge in [0.1, 0.15) is 0 Å². The van der Waals surface area contributed by atoms with Gasteiger partial charge in [-0.25, -0.2) is 0 Å². The Morgan fingerprint density at radius 1 is 1.67 bits per heavy atom. The van der Waals surface area contributed by atoms with E-state index < -0.39 is 0 Å². The lowest BCUT2D eigenvalue weighted by Crippen LogP contribution is -2.20. The van der Waals surface area contributed by atoms with Gasteiger partial charge in [-0.2, -0.15) is 0 Å². The van der Waals surface area contributed by atoms with Gasteiger partial charge in [0.05, 0.1) is 0 Å². The van der Waals surface area contributed by atoms with E-state index in [0.29, 0.717) is 5.41 Å². The Bertz CT molecular complexity index is 196. The van der Waals surface area contributed by atoms with Crippen molar-refractivity contribution in [3.63, 3.8) is 0 Å². The summed E-state index contributed by atoms with van der Waals surface area (Å²) < 4.78 is 0. The molecule has 0 N–H and O–H groups in total. The van der Waals surface area contributed by atoms with Crippen molar-refractivity contribution in [2.24, 2.45) is 11.3 Å². The molecule has 0 aromatic rings. The minimum atomic E-state index is 0.420. The molecule has 0 radical (unpaired) electrons. The standard InChI is InChI=1S/C12H20/c1-5-7-11-9-8-10(6-2)12(11,3)4/h5,8,11H,1,6-7,9H2,2-4H3. The van der Waals surface area contributed by atoms with Crippen molar-refractivity contribution in [2.75, 3.05) is 0 Å². The summed E-state index contributed by atoms with van der Waals surface area (Å²) in [5.41, 5.74) is 2.05. The smallest absolute Gasteiger partial charge is 0.0111 e. The molecule has 1 unspecified atom stereocenters. The molecule has 0 saturated carbocycles. The predicted molar refractivity (Wildman–Crippen MR) is 55.1 cm³/mol. The maximum atomic E-state index is 3.82. The molecule has 1 aliphatic carbocycles. The summed E-state index contributed by atoms with van der Waals surface area (Å²) in [4.78, 5) is 0. The van der Waals surface area contributed by atoms with Gasteiger partial charge in [0, 0.05) is 0 Å². The second kappa shape index (κ2) is 3.47. The van der Waals surface area contributed by atoms with Crippen molar-refractivity contribution in [2.45, 2.75) is 40.0 Å². The van der Waals surface area contributed by atoms with Crippen LogP contribution in [0.3, 0.4) is 0 Å². The zero-order valence-corrected chi connectivity index (χ0v) is 8.56. The zero-order chi connectivity index (χ0) is 9.19. The number of allylic oxidation sites excluding steroid dienone is 3. The summed E-state index contributed by atoms with van der Waals surface area (Å²) in [5.74, 6) is 0.796. The molecule has 12 heavy (non-hydrogen) atoms. The van der Waals surface area contributed by atoms with Crippen LogP contribution in [-0.4, -0.2) is 0 Å². The fourth-order valence-electron chi connectivity index (χ4n) is 2.30. The van der Waals surface area contributed by atoms with E-state index in [1.165, 1.54) is 12.8 Å². The largest absolute Gasteiger partial charge is 0.103 e. The van der Waals surface area contributed by atoms with Crippen LogP contribution in [-0.2, 0) is 0 Å². The summed E-state index contributed by atoms with van der Waals surface area (Å²) in [7, 11) is 0. The third-order valence-electron chi connectivity index (χ3n) is 3.33. The fraction of sp³-hybridized carbons (Fsp3) is 0.667. The molecule has 0 saturated heterocycles. The molecule has 0 heteroatoms. The van der Waals surface area contributed by atoms with Gasteiger partial charge in [0.2, 0.25) is 0 Å². The number of hydrogen-bond acceptors (Lipinski definition) is 0. The van der Waals surface area contributed by atoms with E-state index in [0.717, 1.165) is 12.3 Å². The Kier molecular flexibility index (Phi) is 2.76. The molecule has 1 aliphatic rings. The van der Waals surface area contributed by atoms with Gasteiger partial charge in [-0.15, -0.1) is 6.58 Å². The van der Waals surface area contributed by atoms with Crippen molar-refractivity contribution in [1.29, 1.82) is 0 Å². The molecule has 0 spiro atoms. The highest BCUT2D eigenvalue weighted by molar-refractivity contribution is 5.20. The van der Waals surface area contributed by atoms with Gasteiger partial charge < -0.3 is 0 Å². The molecule has 1 atom stereocenters. The van der Waals surface area contributed by atoms with Crippen LogP contribution >= 0.6 is 0 Å². The first-order chi connectivity index (χ1) is 5.62. The minimum Gasteiger partial charge on any atom is -0.103 e. The summed E-state index contributed by atoms with van der Waals surface area (Å²) in [6.45, 7) is 10.8. The Morgan fingerprint density at radius 2 is 2.33 bits per heavy atom. The maximum Gasteiger partial charge on any atom is -0.0111 e. The topological polar surface area (TPSA) is 0 Å². The van der Waals surface area contributed by atoms with Gasteiger partial charge in [0.25, 0.3) is 0 Å². The molecular weight excluding hydrogens is 144 g/mol. The average Bonchev–Trinajstić information content (AvgIpc) is 2.28. The number of rotatable bonds is 3. The molecule has 0 aromatic heterocycles. The first-order valence-corrected chi connectivity index (χ1v) is 4.93. The van der Waals surface area contributed by atoms with E-state index >= 15 is 0 Å². The third kappa shape index (κ3) is 1.48. The summed E-state index contributed by atoms with van der Waals surface area (Å²) >= 11 is 0. The summed E-state index contributed by atoms with van der Waals surface area (Å²) in [6, 6.07) is 0. The Hall–Kier alpha value is -0.520. The van der Waals surface area contributed by atoms with Gasteiger partial charge >= 0.3 is 0 Å². The Labute approximate surface area is 76.4 Å². The fourth-order valence-corrected chi connectivity index (χ4v) is 2.30. The Morgan fingerprint density at radius 3 is 2.75 bits per heavy atom. The molecule has 0 amide bonds. The van der Waals surface area contributed by atoms with E-state index in [9.17, 15) is 0 Å². The first-order valence-electron chi connectivity index (χ1n) is 4.93. The molecule has 0 nitrogen and oxygen atoms in total. The van der Waals surface area contributed by atoms with Crippen LogP contribution < -0.4 is 0 Å². The third-order valence-corrected chi connectivity index (χ3v) is 3.33. The minimum absolute atomic E-state index is 0.420.